The Hall–Kier alpha value is -1.76. The van der Waals surface area contributed by atoms with Gasteiger partial charge >= 0.3 is 6.09 Å². The lowest BCUT2D eigenvalue weighted by atomic mass is 9.98. The number of hydrogen-bond acceptors (Lipinski definition) is 4. The number of likely N-dealkylation sites (tertiary alicyclic amines) is 1. The van der Waals surface area contributed by atoms with E-state index < -0.39 is 17.7 Å². The van der Waals surface area contributed by atoms with Crippen molar-refractivity contribution in [1.29, 1.82) is 0 Å². The van der Waals surface area contributed by atoms with Crippen LogP contribution in [0.25, 0.3) is 0 Å². The fourth-order valence-corrected chi connectivity index (χ4v) is 3.91. The van der Waals surface area contributed by atoms with Crippen molar-refractivity contribution in [1.82, 2.24) is 10.2 Å². The molecule has 148 valence electrons. The summed E-state index contributed by atoms with van der Waals surface area (Å²) in [5.74, 6) is 0.667. The summed E-state index contributed by atoms with van der Waals surface area (Å²) < 4.78 is 12.1. The Labute approximate surface area is 168 Å². The summed E-state index contributed by atoms with van der Waals surface area (Å²) in [5.41, 5.74) is 0.380. The fraction of sp³-hybridized carbons (Fsp3) is 0.600. The van der Waals surface area contributed by atoms with Crippen molar-refractivity contribution in [2.24, 2.45) is 0 Å². The predicted octanol–water partition coefficient (Wildman–Crippen LogP) is 4.18. The first kappa shape index (κ1) is 20.0. The molecule has 1 aromatic carbocycles. The SMILES string of the molecule is CC(C)(C)OC(=O)N1CCCCC1C(=O)NC1CCOc2ccc(Br)cc21. The van der Waals surface area contributed by atoms with Gasteiger partial charge < -0.3 is 14.8 Å². The molecule has 0 aliphatic carbocycles. The lowest BCUT2D eigenvalue weighted by molar-refractivity contribution is -0.128. The Morgan fingerprint density at radius 2 is 2.04 bits per heavy atom. The van der Waals surface area contributed by atoms with E-state index in [1.807, 2.05) is 39.0 Å². The number of rotatable bonds is 2. The number of carbonyl (C=O) groups excluding carboxylic acids is 2. The van der Waals surface area contributed by atoms with Gasteiger partial charge in [0.2, 0.25) is 5.91 Å². The number of amides is 2. The van der Waals surface area contributed by atoms with Gasteiger partial charge in [0.05, 0.1) is 12.6 Å². The van der Waals surface area contributed by atoms with E-state index >= 15 is 0 Å². The number of fused-ring (bicyclic) bond motifs is 1. The summed E-state index contributed by atoms with van der Waals surface area (Å²) in [4.78, 5) is 27.2. The zero-order chi connectivity index (χ0) is 19.6. The molecule has 27 heavy (non-hydrogen) atoms. The van der Waals surface area contributed by atoms with Gasteiger partial charge in [-0.25, -0.2) is 4.79 Å². The molecule has 0 aromatic heterocycles. The molecule has 2 unspecified atom stereocenters. The number of nitrogens with one attached hydrogen (secondary N) is 1. The van der Waals surface area contributed by atoms with E-state index in [-0.39, 0.29) is 11.9 Å². The quantitative estimate of drug-likeness (QED) is 0.751. The molecule has 2 atom stereocenters. The molecule has 1 fully saturated rings. The largest absolute Gasteiger partial charge is 0.493 e. The van der Waals surface area contributed by atoms with Gasteiger partial charge in [-0.2, -0.15) is 0 Å². The molecule has 0 radical (unpaired) electrons. The molecule has 1 aromatic rings. The Kier molecular flexibility index (Phi) is 5.99. The maximum atomic E-state index is 13.0. The highest BCUT2D eigenvalue weighted by atomic mass is 79.9. The topological polar surface area (TPSA) is 67.9 Å². The molecule has 2 amide bonds. The number of hydrogen-bond donors (Lipinski definition) is 1. The Morgan fingerprint density at radius 1 is 1.26 bits per heavy atom. The number of piperidine rings is 1. The molecule has 2 aliphatic rings. The van der Waals surface area contributed by atoms with Crippen molar-refractivity contribution in [3.8, 4) is 5.75 Å². The zero-order valence-electron chi connectivity index (χ0n) is 16.1. The molecule has 6 nitrogen and oxygen atoms in total. The van der Waals surface area contributed by atoms with Gasteiger partial charge in [-0.1, -0.05) is 15.9 Å². The molecule has 2 heterocycles. The first-order valence-corrected chi connectivity index (χ1v) is 10.3. The number of carbonyl (C=O) groups is 2. The third kappa shape index (κ3) is 4.94. The molecule has 1 N–H and O–H groups in total. The Balaban J connectivity index is 1.73. The van der Waals surface area contributed by atoms with Crippen LogP contribution in [-0.4, -0.2) is 41.7 Å². The highest BCUT2D eigenvalue weighted by Gasteiger charge is 2.36. The van der Waals surface area contributed by atoms with Gasteiger partial charge in [-0.15, -0.1) is 0 Å². The summed E-state index contributed by atoms with van der Waals surface area (Å²) in [7, 11) is 0. The van der Waals surface area contributed by atoms with Gasteiger partial charge in [0, 0.05) is 23.0 Å². The van der Waals surface area contributed by atoms with E-state index in [1.54, 1.807) is 4.90 Å². The summed E-state index contributed by atoms with van der Waals surface area (Å²) >= 11 is 3.48. The summed E-state index contributed by atoms with van der Waals surface area (Å²) in [6.45, 7) is 6.60. The van der Waals surface area contributed by atoms with Crippen molar-refractivity contribution in [3.63, 3.8) is 0 Å². The van der Waals surface area contributed by atoms with Crippen LogP contribution in [0.5, 0.6) is 5.75 Å². The van der Waals surface area contributed by atoms with Crippen LogP contribution in [0, 0.1) is 0 Å². The van der Waals surface area contributed by atoms with E-state index in [0.717, 1.165) is 28.6 Å². The van der Waals surface area contributed by atoms with Crippen LogP contribution in [0.15, 0.2) is 22.7 Å². The van der Waals surface area contributed by atoms with E-state index in [4.69, 9.17) is 9.47 Å². The van der Waals surface area contributed by atoms with Gasteiger partial charge in [-0.3, -0.25) is 9.69 Å². The first-order chi connectivity index (χ1) is 12.7. The van der Waals surface area contributed by atoms with Crippen molar-refractivity contribution >= 4 is 27.9 Å². The third-order valence-electron chi connectivity index (χ3n) is 4.76. The van der Waals surface area contributed by atoms with Crippen molar-refractivity contribution in [3.05, 3.63) is 28.2 Å². The second-order valence-corrected chi connectivity index (χ2v) is 8.98. The standard InChI is InChI=1S/C20H27BrN2O4/c1-20(2,3)27-19(25)23-10-5-4-6-16(23)18(24)22-15-9-11-26-17-8-7-13(21)12-14(15)17/h7-8,12,15-16H,4-6,9-11H2,1-3H3,(H,22,24). The second kappa shape index (κ2) is 8.09. The average Bonchev–Trinajstić information content (AvgIpc) is 2.60. The zero-order valence-corrected chi connectivity index (χ0v) is 17.7. The highest BCUT2D eigenvalue weighted by Crippen LogP contribution is 2.34. The molecule has 2 aliphatic heterocycles. The van der Waals surface area contributed by atoms with Crippen LogP contribution in [0.2, 0.25) is 0 Å². The summed E-state index contributed by atoms with van der Waals surface area (Å²) in [6, 6.07) is 5.19. The smallest absolute Gasteiger partial charge is 0.410 e. The summed E-state index contributed by atoms with van der Waals surface area (Å²) in [5, 5.41) is 3.13. The maximum absolute atomic E-state index is 13.0. The normalized spacial score (nSPS) is 22.4. The van der Waals surface area contributed by atoms with Crippen LogP contribution >= 0.6 is 15.9 Å². The number of benzene rings is 1. The highest BCUT2D eigenvalue weighted by molar-refractivity contribution is 9.10. The maximum Gasteiger partial charge on any atom is 0.410 e. The summed E-state index contributed by atoms with van der Waals surface area (Å²) in [6.07, 6.45) is 2.75. The molecule has 0 bridgehead atoms. The van der Waals surface area contributed by atoms with Crippen LogP contribution in [0.3, 0.4) is 0 Å². The lowest BCUT2D eigenvalue weighted by Gasteiger charge is -2.37. The molecule has 3 rings (SSSR count). The number of ether oxygens (including phenoxy) is 2. The Bertz CT molecular complexity index is 716. The van der Waals surface area contributed by atoms with Gasteiger partial charge in [0.25, 0.3) is 0 Å². The third-order valence-corrected chi connectivity index (χ3v) is 5.25. The number of nitrogens with zero attached hydrogens (tertiary/aromatic N) is 1. The second-order valence-electron chi connectivity index (χ2n) is 8.07. The minimum Gasteiger partial charge on any atom is -0.493 e. The van der Waals surface area contributed by atoms with Gasteiger partial charge in [-0.05, 0) is 58.2 Å². The van der Waals surface area contributed by atoms with Gasteiger partial charge in [0.15, 0.2) is 0 Å². The van der Waals surface area contributed by atoms with Crippen molar-refractivity contribution in [2.75, 3.05) is 13.2 Å². The lowest BCUT2D eigenvalue weighted by Crippen LogP contribution is -2.53. The van der Waals surface area contributed by atoms with Crippen LogP contribution < -0.4 is 10.1 Å². The minimum atomic E-state index is -0.582. The number of halogens is 1. The van der Waals surface area contributed by atoms with Crippen molar-refractivity contribution < 1.29 is 19.1 Å². The average molecular weight is 439 g/mol. The molecule has 1 saturated heterocycles. The molecule has 0 saturated carbocycles. The molecular formula is C20H27BrN2O4. The van der Waals surface area contributed by atoms with Crippen LogP contribution in [0.1, 0.15) is 58.1 Å². The predicted molar refractivity (Wildman–Crippen MR) is 106 cm³/mol. The minimum absolute atomic E-state index is 0.124. The first-order valence-electron chi connectivity index (χ1n) is 9.47. The van der Waals surface area contributed by atoms with E-state index in [0.29, 0.717) is 26.0 Å². The van der Waals surface area contributed by atoms with Gasteiger partial charge in [0.1, 0.15) is 17.4 Å². The van der Waals surface area contributed by atoms with Crippen molar-refractivity contribution in [2.45, 2.75) is 64.1 Å². The van der Waals surface area contributed by atoms with Crippen LogP contribution in [0.4, 0.5) is 4.79 Å². The van der Waals surface area contributed by atoms with Crippen LogP contribution in [-0.2, 0) is 9.53 Å². The fourth-order valence-electron chi connectivity index (χ4n) is 3.53. The Morgan fingerprint density at radius 3 is 2.78 bits per heavy atom. The molecule has 0 spiro atoms. The van der Waals surface area contributed by atoms with E-state index in [1.165, 1.54) is 0 Å². The van der Waals surface area contributed by atoms with E-state index in [9.17, 15) is 9.59 Å². The molecule has 7 heteroatoms. The van der Waals surface area contributed by atoms with E-state index in [2.05, 4.69) is 21.2 Å². The molecular weight excluding hydrogens is 412 g/mol. The monoisotopic (exact) mass is 438 g/mol.